The predicted molar refractivity (Wildman–Crippen MR) is 175 cm³/mol. The second kappa shape index (κ2) is 14.1. The molecule has 0 heterocycles. The van der Waals surface area contributed by atoms with Crippen LogP contribution in [0.3, 0.4) is 0 Å². The van der Waals surface area contributed by atoms with Crippen molar-refractivity contribution in [2.75, 3.05) is 11.5 Å². The van der Waals surface area contributed by atoms with Gasteiger partial charge in [0.15, 0.2) is 0 Å². The van der Waals surface area contributed by atoms with E-state index in [1.807, 2.05) is 0 Å². The van der Waals surface area contributed by atoms with Crippen molar-refractivity contribution in [1.29, 1.82) is 0 Å². The van der Waals surface area contributed by atoms with Crippen LogP contribution in [-0.4, -0.2) is 47.4 Å². The lowest BCUT2D eigenvalue weighted by Gasteiger charge is -2.45. The molecular weight excluding hydrogens is 840 g/mol. The lowest BCUT2D eigenvalue weighted by atomic mass is 9.79. The summed E-state index contributed by atoms with van der Waals surface area (Å²) < 4.78 is 300. The van der Waals surface area contributed by atoms with Gasteiger partial charge in [-0.15, -0.1) is 0 Å². The van der Waals surface area contributed by atoms with Crippen molar-refractivity contribution >= 4 is 11.4 Å². The number of halogens is 20. The van der Waals surface area contributed by atoms with E-state index >= 15 is 35.1 Å². The number of hydrogen-bond acceptors (Lipinski definition) is 2. The first-order valence-electron chi connectivity index (χ1n) is 16.8. The van der Waals surface area contributed by atoms with E-state index in [0.29, 0.717) is 0 Å². The molecular formula is C36H40F20N2. The Hall–Kier alpha value is -3.36. The van der Waals surface area contributed by atoms with Crippen LogP contribution in [0.25, 0.3) is 0 Å². The maximum absolute atomic E-state index is 15.4. The van der Waals surface area contributed by atoms with E-state index in [9.17, 15) is 52.7 Å². The Morgan fingerprint density at radius 1 is 0.345 bits per heavy atom. The summed E-state index contributed by atoms with van der Waals surface area (Å²) in [5.74, 6) is -85.6. The fourth-order valence-electron chi connectivity index (χ4n) is 5.85. The molecule has 2 aromatic rings. The lowest BCUT2D eigenvalue weighted by Crippen LogP contribution is -2.76. The van der Waals surface area contributed by atoms with Crippen LogP contribution >= 0.6 is 0 Å². The highest BCUT2D eigenvalue weighted by Crippen LogP contribution is 2.68. The second-order valence-electron chi connectivity index (χ2n) is 16.6. The highest BCUT2D eigenvalue weighted by molar-refractivity contribution is 5.61. The van der Waals surface area contributed by atoms with Crippen molar-refractivity contribution in [1.82, 2.24) is 0 Å². The van der Waals surface area contributed by atoms with Gasteiger partial charge in [-0.3, -0.25) is 0 Å². The minimum atomic E-state index is -9.15. The van der Waals surface area contributed by atoms with Crippen molar-refractivity contribution in [2.45, 2.75) is 151 Å². The fourth-order valence-corrected chi connectivity index (χ4v) is 5.85. The summed E-state index contributed by atoms with van der Waals surface area (Å²) in [4.78, 5) is 0. The first-order chi connectivity index (χ1) is 25.1. The monoisotopic (exact) mass is 880 g/mol. The Kier molecular flexibility index (Phi) is 12.4. The fraction of sp³-hybridized carbons (Fsp3) is 0.667. The molecule has 0 fully saturated rings. The second-order valence-corrected chi connectivity index (χ2v) is 16.6. The smallest absolute Gasteiger partial charge is 0.385 e. The number of alkyl halides is 20. The number of nitrogen functional groups attached to an aromatic ring is 2. The highest BCUT2D eigenvalue weighted by atomic mass is 19.4. The molecule has 0 radical (unpaired) electrons. The molecule has 0 aromatic heterocycles. The standard InChI is InChI=1S/C36H40F20N2/c1-15(2)19-11-17(13-21(23(19)57)25(5,6)7)27(37,38)29(41,42)31(45,46)33(49,50)35(53,54)36(55,56)34(51,52)32(47,48)30(43,44)28(39,40)18-12-20(16(3)4)24(58)22(14-18)26(8,9)10/h11-16H,57-58H2,1-10H3. The molecule has 4 N–H and O–H groups in total. The molecule has 2 rings (SSSR count). The molecule has 0 aliphatic carbocycles. The van der Waals surface area contributed by atoms with Gasteiger partial charge in [-0.1, -0.05) is 69.2 Å². The number of hydrogen-bond donors (Lipinski definition) is 2. The average molecular weight is 881 g/mol. The molecule has 0 atom stereocenters. The molecule has 0 aliphatic heterocycles. The molecule has 0 aliphatic rings. The van der Waals surface area contributed by atoms with Crippen LogP contribution < -0.4 is 11.5 Å². The zero-order valence-corrected chi connectivity index (χ0v) is 32.2. The molecule has 0 spiro atoms. The van der Waals surface area contributed by atoms with Gasteiger partial charge in [0.2, 0.25) is 0 Å². The van der Waals surface area contributed by atoms with Gasteiger partial charge in [0.25, 0.3) is 0 Å². The zero-order chi connectivity index (χ0) is 46.6. The molecule has 0 saturated carbocycles. The van der Waals surface area contributed by atoms with Gasteiger partial charge in [-0.25, -0.2) is 0 Å². The number of nitrogens with two attached hydrogens (primary N) is 2. The largest absolute Gasteiger partial charge is 0.398 e. The normalized spacial score (nSPS) is 15.5. The topological polar surface area (TPSA) is 52.0 Å². The van der Waals surface area contributed by atoms with Crippen LogP contribution in [0.15, 0.2) is 24.3 Å². The van der Waals surface area contributed by atoms with Crippen LogP contribution in [0, 0.1) is 0 Å². The Morgan fingerprint density at radius 3 is 0.707 bits per heavy atom. The van der Waals surface area contributed by atoms with Gasteiger partial charge in [0.1, 0.15) is 0 Å². The van der Waals surface area contributed by atoms with Crippen molar-refractivity contribution in [3.63, 3.8) is 0 Å². The summed E-state index contributed by atoms with van der Waals surface area (Å²) in [5.41, 5.74) is 0.889. The Balaban J connectivity index is 2.89. The van der Waals surface area contributed by atoms with Crippen LogP contribution in [0.4, 0.5) is 99.2 Å². The van der Waals surface area contributed by atoms with Crippen molar-refractivity contribution < 1.29 is 87.8 Å². The third kappa shape index (κ3) is 7.00. The van der Waals surface area contributed by atoms with Crippen LogP contribution in [0.5, 0.6) is 0 Å². The number of anilines is 2. The lowest BCUT2D eigenvalue weighted by molar-refractivity contribution is -0.470. The Morgan fingerprint density at radius 2 is 0.534 bits per heavy atom. The molecule has 0 saturated heterocycles. The first kappa shape index (κ1) is 50.8. The zero-order valence-electron chi connectivity index (χ0n) is 32.2. The van der Waals surface area contributed by atoms with Crippen molar-refractivity contribution in [2.24, 2.45) is 0 Å². The van der Waals surface area contributed by atoms with E-state index < -0.39 is 127 Å². The summed E-state index contributed by atoms with van der Waals surface area (Å²) in [7, 11) is 0. The van der Waals surface area contributed by atoms with Gasteiger partial charge in [0.05, 0.1) is 0 Å². The third-order valence-corrected chi connectivity index (χ3v) is 9.56. The molecule has 2 aromatic carbocycles. The Labute approximate surface area is 319 Å². The van der Waals surface area contributed by atoms with Crippen LogP contribution in [0.2, 0.25) is 0 Å². The van der Waals surface area contributed by atoms with Crippen molar-refractivity contribution in [3.8, 4) is 0 Å². The summed E-state index contributed by atoms with van der Waals surface area (Å²) in [6.45, 7) is 11.8. The average Bonchev–Trinajstić information content (AvgIpc) is 3.02. The molecule has 2 nitrogen and oxygen atoms in total. The Bertz CT molecular complexity index is 1710. The molecule has 0 amide bonds. The van der Waals surface area contributed by atoms with Crippen LogP contribution in [-0.2, 0) is 22.7 Å². The van der Waals surface area contributed by atoms with E-state index in [-0.39, 0.29) is 24.3 Å². The molecule has 58 heavy (non-hydrogen) atoms. The van der Waals surface area contributed by atoms with Gasteiger partial charge < -0.3 is 11.5 Å². The van der Waals surface area contributed by atoms with Crippen LogP contribution in [0.1, 0.15) is 114 Å². The number of benzene rings is 2. The summed E-state index contributed by atoms with van der Waals surface area (Å²) in [6, 6.07) is -0.279. The molecule has 334 valence electrons. The van der Waals surface area contributed by atoms with Gasteiger partial charge in [-0.05, 0) is 69.2 Å². The third-order valence-electron chi connectivity index (χ3n) is 9.56. The van der Waals surface area contributed by atoms with Gasteiger partial charge >= 0.3 is 59.2 Å². The summed E-state index contributed by atoms with van der Waals surface area (Å²) >= 11 is 0. The first-order valence-corrected chi connectivity index (χ1v) is 16.8. The van der Waals surface area contributed by atoms with E-state index in [1.165, 1.54) is 69.2 Å². The van der Waals surface area contributed by atoms with Crippen molar-refractivity contribution in [3.05, 3.63) is 57.6 Å². The van der Waals surface area contributed by atoms with E-state index in [2.05, 4.69) is 0 Å². The predicted octanol–water partition coefficient (Wildman–Crippen LogP) is 13.7. The maximum Gasteiger partial charge on any atom is 0.385 e. The molecule has 0 bridgehead atoms. The quantitative estimate of drug-likeness (QED) is 0.156. The van der Waals surface area contributed by atoms with E-state index in [4.69, 9.17) is 11.5 Å². The van der Waals surface area contributed by atoms with E-state index in [1.54, 1.807) is 0 Å². The van der Waals surface area contributed by atoms with E-state index in [0.717, 1.165) is 0 Å². The minimum Gasteiger partial charge on any atom is -0.398 e. The number of rotatable bonds is 13. The summed E-state index contributed by atoms with van der Waals surface area (Å²) in [6.07, 6.45) is 0. The molecule has 0 unspecified atom stereocenters. The van der Waals surface area contributed by atoms with Gasteiger partial charge in [-0.2, -0.15) is 87.8 Å². The SMILES string of the molecule is CC(C)c1cc(C(F)(F)C(F)(F)C(F)(F)C(F)(F)C(F)(F)C(F)(F)C(F)(F)C(F)(F)C(F)(F)C(F)(F)c2cc(C(C)C)c(N)c(C(C)(C)C)c2)cc(C(C)(C)C)c1N. The highest BCUT2D eigenvalue weighted by Gasteiger charge is 2.97. The summed E-state index contributed by atoms with van der Waals surface area (Å²) in [5, 5.41) is 0. The minimum absolute atomic E-state index is 0.0668. The van der Waals surface area contributed by atoms with Gasteiger partial charge in [0, 0.05) is 22.5 Å². The molecule has 22 heteroatoms. The maximum atomic E-state index is 15.4.